The Kier molecular flexibility index (Phi) is 8.62. The number of rotatable bonds is 8. The fourth-order valence-electron chi connectivity index (χ4n) is 4.73. The Labute approximate surface area is 255 Å². The molecule has 1 atom stereocenters. The van der Waals surface area contributed by atoms with Gasteiger partial charge in [0, 0.05) is 62.5 Å². The summed E-state index contributed by atoms with van der Waals surface area (Å²) in [5.74, 6) is -0.401. The van der Waals surface area contributed by atoms with Gasteiger partial charge in [-0.05, 0) is 6.07 Å². The van der Waals surface area contributed by atoms with E-state index in [0.29, 0.717) is 58.5 Å². The quantitative estimate of drug-likeness (QED) is 0.271. The van der Waals surface area contributed by atoms with Crippen LogP contribution < -0.4 is 31.9 Å². The number of hydrogen-bond acceptors (Lipinski definition) is 8. The summed E-state index contributed by atoms with van der Waals surface area (Å²) < 4.78 is 7.50. The average Bonchev–Trinajstić information content (AvgIpc) is 3.42. The molecule has 1 saturated heterocycles. The highest BCUT2D eigenvalue weighted by Crippen LogP contribution is 2.41. The van der Waals surface area contributed by atoms with E-state index in [9.17, 15) is 19.2 Å². The predicted molar refractivity (Wildman–Crippen MR) is 163 cm³/mol. The van der Waals surface area contributed by atoms with Crippen LogP contribution in [0.4, 0.5) is 5.69 Å². The molecule has 4 aromatic rings. The van der Waals surface area contributed by atoms with Gasteiger partial charge in [-0.3, -0.25) is 23.9 Å². The van der Waals surface area contributed by atoms with Crippen LogP contribution in [0.1, 0.15) is 22.5 Å². The van der Waals surface area contributed by atoms with E-state index in [4.69, 9.17) is 27.9 Å². The van der Waals surface area contributed by atoms with Crippen molar-refractivity contribution in [3.8, 4) is 28.3 Å². The number of hydrogen-bond donors (Lipinski definition) is 3. The van der Waals surface area contributed by atoms with Gasteiger partial charge in [0.25, 0.3) is 11.5 Å². The Hall–Kier alpha value is -4.52. The Balaban J connectivity index is 1.43. The number of ether oxygens (including phenoxy) is 1. The molecule has 14 heteroatoms. The summed E-state index contributed by atoms with van der Waals surface area (Å²) in [5, 5.41) is 9.27. The summed E-state index contributed by atoms with van der Waals surface area (Å²) in [7, 11) is 4.25. The van der Waals surface area contributed by atoms with E-state index in [2.05, 4.69) is 25.9 Å². The molecule has 3 N–H and O–H groups in total. The summed E-state index contributed by atoms with van der Waals surface area (Å²) >= 11 is 13.6. The third kappa shape index (κ3) is 6.03. The fourth-order valence-corrected chi connectivity index (χ4v) is 5.33. The van der Waals surface area contributed by atoms with Crippen molar-refractivity contribution in [1.82, 2.24) is 29.7 Å². The second-order valence-electron chi connectivity index (χ2n) is 9.89. The number of methoxy groups -OCH3 is 1. The number of anilines is 1. The van der Waals surface area contributed by atoms with Crippen LogP contribution >= 0.6 is 23.2 Å². The van der Waals surface area contributed by atoms with Crippen LogP contribution in [0.5, 0.6) is 5.88 Å². The van der Waals surface area contributed by atoms with Crippen molar-refractivity contribution in [3.63, 3.8) is 0 Å². The van der Waals surface area contributed by atoms with Crippen molar-refractivity contribution in [3.05, 3.63) is 90.9 Å². The first-order valence-corrected chi connectivity index (χ1v) is 13.9. The molecule has 0 spiro atoms. The summed E-state index contributed by atoms with van der Waals surface area (Å²) in [6.07, 6.45) is 3.17. The molecular weight excluding hydrogens is 597 g/mol. The minimum absolute atomic E-state index is 0.00172. The molecule has 3 heterocycles. The second-order valence-corrected chi connectivity index (χ2v) is 10.6. The van der Waals surface area contributed by atoms with Crippen molar-refractivity contribution >= 4 is 40.7 Å². The number of aromatic nitrogens is 4. The lowest BCUT2D eigenvalue weighted by Crippen LogP contribution is -2.40. The van der Waals surface area contributed by atoms with Gasteiger partial charge in [0.05, 0.1) is 34.7 Å². The molecule has 0 aliphatic carbocycles. The van der Waals surface area contributed by atoms with Crippen LogP contribution in [0.15, 0.2) is 58.4 Å². The van der Waals surface area contributed by atoms with E-state index in [1.807, 2.05) is 0 Å². The zero-order valence-electron chi connectivity index (χ0n) is 23.4. The standard InChI is InChI=1S/C29H27Cl2N7O5/c1-37-14-19(28(41)38(2)29(37)42)26(40)35-20-9-5-7-17(25(20)31)16-6-4-8-18(24(16)30)21-12-33-22(27(36-21)43-3)13-32-15-10-23(39)34-11-15/h4-9,12,14-15,32H,10-11,13H2,1-3H3,(H,34,39)(H,35,40). The molecular formula is C29H27Cl2N7O5. The highest BCUT2D eigenvalue weighted by atomic mass is 35.5. The molecule has 1 unspecified atom stereocenters. The highest BCUT2D eigenvalue weighted by Gasteiger charge is 2.23. The van der Waals surface area contributed by atoms with Gasteiger partial charge in [0.15, 0.2) is 0 Å². The smallest absolute Gasteiger partial charge is 0.330 e. The van der Waals surface area contributed by atoms with Crippen LogP contribution in [-0.4, -0.2) is 50.6 Å². The Morgan fingerprint density at radius 2 is 1.77 bits per heavy atom. The summed E-state index contributed by atoms with van der Waals surface area (Å²) in [6, 6.07) is 10.4. The van der Waals surface area contributed by atoms with Crippen molar-refractivity contribution in [1.29, 1.82) is 0 Å². The topological polar surface area (TPSA) is 149 Å². The van der Waals surface area contributed by atoms with Gasteiger partial charge in [-0.1, -0.05) is 53.5 Å². The number of benzene rings is 2. The van der Waals surface area contributed by atoms with E-state index in [1.165, 1.54) is 27.4 Å². The number of halogens is 2. The number of carbonyl (C=O) groups is 2. The van der Waals surface area contributed by atoms with Gasteiger partial charge >= 0.3 is 5.69 Å². The molecule has 1 aliphatic heterocycles. The molecule has 2 aromatic carbocycles. The van der Waals surface area contributed by atoms with Crippen molar-refractivity contribution in [2.75, 3.05) is 19.0 Å². The molecule has 1 aliphatic rings. The fraction of sp³-hybridized carbons (Fsp3) is 0.241. The Morgan fingerprint density at radius 1 is 1.07 bits per heavy atom. The minimum atomic E-state index is -0.729. The number of nitrogens with zero attached hydrogens (tertiary/aromatic N) is 4. The normalized spacial score (nSPS) is 14.4. The maximum absolute atomic E-state index is 13.0. The van der Waals surface area contributed by atoms with Crippen LogP contribution in [0.3, 0.4) is 0 Å². The van der Waals surface area contributed by atoms with E-state index in [0.717, 1.165) is 9.13 Å². The van der Waals surface area contributed by atoms with E-state index < -0.39 is 17.2 Å². The number of amides is 2. The van der Waals surface area contributed by atoms with Crippen molar-refractivity contribution in [2.45, 2.75) is 19.0 Å². The predicted octanol–water partition coefficient (Wildman–Crippen LogP) is 2.75. The SMILES string of the molecule is COc1nc(-c2cccc(-c3cccc(NC(=O)c4cn(C)c(=O)n(C)c4=O)c3Cl)c2Cl)cnc1CNC1CNC(=O)C1. The molecule has 222 valence electrons. The van der Waals surface area contributed by atoms with E-state index >= 15 is 0 Å². The number of carbonyl (C=O) groups excluding carboxylic acids is 2. The largest absolute Gasteiger partial charge is 0.480 e. The van der Waals surface area contributed by atoms with Gasteiger partial charge in [-0.2, -0.15) is 0 Å². The van der Waals surface area contributed by atoms with Crippen LogP contribution in [0.25, 0.3) is 22.4 Å². The van der Waals surface area contributed by atoms with Gasteiger partial charge in [-0.25, -0.2) is 9.78 Å². The first kappa shape index (κ1) is 30.0. The minimum Gasteiger partial charge on any atom is -0.480 e. The van der Waals surface area contributed by atoms with Crippen LogP contribution in [-0.2, 0) is 25.4 Å². The first-order valence-electron chi connectivity index (χ1n) is 13.1. The molecule has 12 nitrogen and oxygen atoms in total. The maximum Gasteiger partial charge on any atom is 0.330 e. The number of aryl methyl sites for hydroxylation is 1. The van der Waals surface area contributed by atoms with E-state index in [1.54, 1.807) is 42.6 Å². The van der Waals surface area contributed by atoms with Gasteiger partial charge in [0.2, 0.25) is 11.8 Å². The summed E-state index contributed by atoms with van der Waals surface area (Å²) in [5.41, 5.74) is 1.48. The third-order valence-electron chi connectivity index (χ3n) is 7.04. The molecule has 0 bridgehead atoms. The van der Waals surface area contributed by atoms with Crippen LogP contribution in [0, 0.1) is 0 Å². The van der Waals surface area contributed by atoms with Gasteiger partial charge in [-0.15, -0.1) is 0 Å². The summed E-state index contributed by atoms with van der Waals surface area (Å²) in [4.78, 5) is 58.2. The van der Waals surface area contributed by atoms with Gasteiger partial charge < -0.3 is 25.3 Å². The second kappa shape index (κ2) is 12.4. The monoisotopic (exact) mass is 623 g/mol. The third-order valence-corrected chi connectivity index (χ3v) is 7.86. The maximum atomic E-state index is 13.0. The molecule has 2 amide bonds. The highest BCUT2D eigenvalue weighted by molar-refractivity contribution is 6.39. The van der Waals surface area contributed by atoms with E-state index in [-0.39, 0.29) is 28.2 Å². The Bertz CT molecular complexity index is 1870. The molecule has 1 fully saturated rings. The van der Waals surface area contributed by atoms with Gasteiger partial charge in [0.1, 0.15) is 11.3 Å². The molecule has 0 radical (unpaired) electrons. The van der Waals surface area contributed by atoms with Crippen molar-refractivity contribution in [2.24, 2.45) is 14.1 Å². The Morgan fingerprint density at radius 3 is 2.47 bits per heavy atom. The lowest BCUT2D eigenvalue weighted by molar-refractivity contribution is -0.119. The lowest BCUT2D eigenvalue weighted by atomic mass is 10.0. The lowest BCUT2D eigenvalue weighted by Gasteiger charge is -2.15. The first-order chi connectivity index (χ1) is 20.6. The van der Waals surface area contributed by atoms with Crippen LogP contribution in [0.2, 0.25) is 10.0 Å². The number of nitrogens with one attached hydrogen (secondary N) is 3. The van der Waals surface area contributed by atoms with Crippen molar-refractivity contribution < 1.29 is 14.3 Å². The zero-order chi connectivity index (χ0) is 30.8. The molecule has 0 saturated carbocycles. The summed E-state index contributed by atoms with van der Waals surface area (Å²) in [6.45, 7) is 0.914. The average molecular weight is 624 g/mol. The molecule has 43 heavy (non-hydrogen) atoms. The zero-order valence-corrected chi connectivity index (χ0v) is 24.9. The molecule has 2 aromatic heterocycles. The molecule has 5 rings (SSSR count).